The average molecular weight is 388 g/mol. The van der Waals surface area contributed by atoms with Crippen molar-refractivity contribution in [2.75, 3.05) is 12.4 Å². The molecule has 1 N–H and O–H groups in total. The van der Waals surface area contributed by atoms with E-state index in [0.717, 1.165) is 34.1 Å². The van der Waals surface area contributed by atoms with E-state index in [0.29, 0.717) is 12.3 Å². The Bertz CT molecular complexity index is 1100. The monoisotopic (exact) mass is 388 g/mol. The third-order valence-corrected chi connectivity index (χ3v) is 4.54. The standard InChI is InChI=1S/C23H24N4O2/c1-16(2)29-19-11-9-17(10-12-19)21-22(27-14-6-13-24-23(27)26-21)25-15-18-7-4-5-8-20(18)28-3/h4-14,16,25H,15H2,1-3H3. The second-order valence-corrected chi connectivity index (χ2v) is 6.96. The van der Waals surface area contributed by atoms with Gasteiger partial charge < -0.3 is 14.8 Å². The first-order chi connectivity index (χ1) is 14.2. The summed E-state index contributed by atoms with van der Waals surface area (Å²) >= 11 is 0. The van der Waals surface area contributed by atoms with Gasteiger partial charge in [-0.1, -0.05) is 18.2 Å². The van der Waals surface area contributed by atoms with E-state index in [1.807, 2.05) is 79.0 Å². The molecular formula is C23H24N4O2. The molecule has 0 unspecified atom stereocenters. The number of nitrogens with one attached hydrogen (secondary N) is 1. The van der Waals surface area contributed by atoms with Gasteiger partial charge in [0.15, 0.2) is 0 Å². The predicted molar refractivity (Wildman–Crippen MR) is 115 cm³/mol. The van der Waals surface area contributed by atoms with E-state index in [-0.39, 0.29) is 6.10 Å². The van der Waals surface area contributed by atoms with Crippen molar-refractivity contribution < 1.29 is 9.47 Å². The molecule has 0 radical (unpaired) electrons. The van der Waals surface area contributed by atoms with Crippen LogP contribution >= 0.6 is 0 Å². The molecule has 2 heterocycles. The van der Waals surface area contributed by atoms with Gasteiger partial charge in [-0.05, 0) is 50.2 Å². The Balaban J connectivity index is 1.69. The molecule has 2 aromatic heterocycles. The summed E-state index contributed by atoms with van der Waals surface area (Å²) in [6, 6.07) is 17.9. The summed E-state index contributed by atoms with van der Waals surface area (Å²) in [7, 11) is 1.68. The van der Waals surface area contributed by atoms with Crippen molar-refractivity contribution in [1.82, 2.24) is 14.4 Å². The number of anilines is 1. The fourth-order valence-corrected chi connectivity index (χ4v) is 3.25. The lowest BCUT2D eigenvalue weighted by Crippen LogP contribution is -2.05. The van der Waals surface area contributed by atoms with Crippen LogP contribution in [0.1, 0.15) is 19.4 Å². The maximum atomic E-state index is 5.76. The highest BCUT2D eigenvalue weighted by Gasteiger charge is 2.15. The number of rotatable bonds is 7. The van der Waals surface area contributed by atoms with Crippen LogP contribution < -0.4 is 14.8 Å². The lowest BCUT2D eigenvalue weighted by atomic mass is 10.1. The molecule has 148 valence electrons. The largest absolute Gasteiger partial charge is 0.496 e. The quantitative estimate of drug-likeness (QED) is 0.493. The van der Waals surface area contributed by atoms with Gasteiger partial charge in [-0.25, -0.2) is 9.97 Å². The van der Waals surface area contributed by atoms with E-state index in [4.69, 9.17) is 14.5 Å². The lowest BCUT2D eigenvalue weighted by molar-refractivity contribution is 0.242. The Morgan fingerprint density at radius 2 is 1.83 bits per heavy atom. The van der Waals surface area contributed by atoms with Crippen molar-refractivity contribution in [3.05, 3.63) is 72.6 Å². The molecule has 29 heavy (non-hydrogen) atoms. The van der Waals surface area contributed by atoms with Crippen molar-refractivity contribution in [1.29, 1.82) is 0 Å². The van der Waals surface area contributed by atoms with Gasteiger partial charge in [-0.15, -0.1) is 0 Å². The predicted octanol–water partition coefficient (Wildman–Crippen LogP) is 4.80. The van der Waals surface area contributed by atoms with Crippen molar-refractivity contribution in [3.63, 3.8) is 0 Å². The van der Waals surface area contributed by atoms with Crippen LogP contribution in [0.15, 0.2) is 67.0 Å². The first-order valence-corrected chi connectivity index (χ1v) is 9.61. The number of hydrogen-bond donors (Lipinski definition) is 1. The lowest BCUT2D eigenvalue weighted by Gasteiger charge is -2.12. The normalized spacial score (nSPS) is 11.0. The summed E-state index contributed by atoms with van der Waals surface area (Å²) in [6.07, 6.45) is 3.84. The SMILES string of the molecule is COc1ccccc1CNc1c(-c2ccc(OC(C)C)cc2)nc2ncccn12. The summed E-state index contributed by atoms with van der Waals surface area (Å²) in [4.78, 5) is 9.14. The molecule has 0 spiro atoms. The van der Waals surface area contributed by atoms with E-state index < -0.39 is 0 Å². The number of nitrogens with zero attached hydrogens (tertiary/aromatic N) is 3. The molecule has 2 aromatic carbocycles. The smallest absolute Gasteiger partial charge is 0.235 e. The number of imidazole rings is 1. The summed E-state index contributed by atoms with van der Waals surface area (Å²) < 4.78 is 13.2. The van der Waals surface area contributed by atoms with Crippen molar-refractivity contribution in [2.24, 2.45) is 0 Å². The van der Waals surface area contributed by atoms with Crippen LogP contribution in [0.25, 0.3) is 17.0 Å². The Hall–Kier alpha value is -3.54. The molecular weight excluding hydrogens is 364 g/mol. The maximum absolute atomic E-state index is 5.76. The molecule has 0 saturated carbocycles. The highest BCUT2D eigenvalue weighted by atomic mass is 16.5. The zero-order chi connectivity index (χ0) is 20.2. The van der Waals surface area contributed by atoms with Gasteiger partial charge in [-0.3, -0.25) is 4.40 Å². The minimum atomic E-state index is 0.137. The van der Waals surface area contributed by atoms with Crippen LogP contribution in [0.2, 0.25) is 0 Å². The number of aromatic nitrogens is 3. The summed E-state index contributed by atoms with van der Waals surface area (Å²) in [5.41, 5.74) is 2.91. The zero-order valence-electron chi connectivity index (χ0n) is 16.8. The number of ether oxygens (including phenoxy) is 2. The summed E-state index contributed by atoms with van der Waals surface area (Å²) in [6.45, 7) is 4.64. The molecule has 6 heteroatoms. The van der Waals surface area contributed by atoms with E-state index >= 15 is 0 Å². The highest BCUT2D eigenvalue weighted by Crippen LogP contribution is 2.30. The van der Waals surface area contributed by atoms with Crippen LogP contribution in [0.3, 0.4) is 0 Å². The highest BCUT2D eigenvalue weighted by molar-refractivity contribution is 5.76. The Morgan fingerprint density at radius 3 is 2.59 bits per heavy atom. The van der Waals surface area contributed by atoms with E-state index in [9.17, 15) is 0 Å². The molecule has 0 atom stereocenters. The van der Waals surface area contributed by atoms with Gasteiger partial charge in [0.2, 0.25) is 5.78 Å². The first-order valence-electron chi connectivity index (χ1n) is 9.61. The molecule has 0 aliphatic rings. The second-order valence-electron chi connectivity index (χ2n) is 6.96. The minimum absolute atomic E-state index is 0.137. The Labute approximate surface area is 170 Å². The van der Waals surface area contributed by atoms with Crippen LogP contribution in [-0.2, 0) is 6.54 Å². The van der Waals surface area contributed by atoms with Crippen molar-refractivity contribution in [3.8, 4) is 22.8 Å². The van der Waals surface area contributed by atoms with Gasteiger partial charge in [0.1, 0.15) is 23.0 Å². The van der Waals surface area contributed by atoms with Crippen LogP contribution in [0, 0.1) is 0 Å². The topological polar surface area (TPSA) is 60.7 Å². The van der Waals surface area contributed by atoms with Gasteiger partial charge in [-0.2, -0.15) is 0 Å². The number of para-hydroxylation sites is 1. The first kappa shape index (κ1) is 18.8. The summed E-state index contributed by atoms with van der Waals surface area (Å²) in [5, 5.41) is 3.52. The van der Waals surface area contributed by atoms with E-state index in [1.165, 1.54) is 0 Å². The molecule has 4 rings (SSSR count). The Morgan fingerprint density at radius 1 is 1.03 bits per heavy atom. The summed E-state index contributed by atoms with van der Waals surface area (Å²) in [5.74, 6) is 3.22. The maximum Gasteiger partial charge on any atom is 0.235 e. The molecule has 0 amide bonds. The van der Waals surface area contributed by atoms with Gasteiger partial charge in [0.05, 0.1) is 13.2 Å². The van der Waals surface area contributed by atoms with E-state index in [2.05, 4.69) is 10.3 Å². The van der Waals surface area contributed by atoms with Gasteiger partial charge >= 0.3 is 0 Å². The number of benzene rings is 2. The van der Waals surface area contributed by atoms with Crippen LogP contribution in [-0.4, -0.2) is 27.6 Å². The third kappa shape index (κ3) is 4.01. The Kier molecular flexibility index (Phi) is 5.33. The molecule has 0 aliphatic carbocycles. The molecule has 4 aromatic rings. The third-order valence-electron chi connectivity index (χ3n) is 4.54. The molecule has 0 aliphatic heterocycles. The van der Waals surface area contributed by atoms with Crippen LogP contribution in [0.4, 0.5) is 5.82 Å². The molecule has 0 bridgehead atoms. The fourth-order valence-electron chi connectivity index (χ4n) is 3.25. The second kappa shape index (κ2) is 8.22. The van der Waals surface area contributed by atoms with Gasteiger partial charge in [0.25, 0.3) is 0 Å². The minimum Gasteiger partial charge on any atom is -0.496 e. The molecule has 0 saturated heterocycles. The zero-order valence-corrected chi connectivity index (χ0v) is 16.8. The number of fused-ring (bicyclic) bond motifs is 1. The molecule has 6 nitrogen and oxygen atoms in total. The van der Waals surface area contributed by atoms with E-state index in [1.54, 1.807) is 13.3 Å². The van der Waals surface area contributed by atoms with Crippen molar-refractivity contribution in [2.45, 2.75) is 26.5 Å². The molecule has 0 fully saturated rings. The van der Waals surface area contributed by atoms with Crippen molar-refractivity contribution >= 4 is 11.6 Å². The van der Waals surface area contributed by atoms with Gasteiger partial charge in [0, 0.05) is 30.1 Å². The fraction of sp³-hybridized carbons (Fsp3) is 0.217. The number of methoxy groups -OCH3 is 1. The number of hydrogen-bond acceptors (Lipinski definition) is 5. The average Bonchev–Trinajstić information content (AvgIpc) is 3.11. The van der Waals surface area contributed by atoms with Crippen LogP contribution in [0.5, 0.6) is 11.5 Å².